The Morgan fingerprint density at radius 1 is 0.947 bits per heavy atom. The number of nitrogens with one attached hydrogen (secondary N) is 4. The zero-order valence-corrected chi connectivity index (χ0v) is 21.8. The fourth-order valence-corrected chi connectivity index (χ4v) is 4.33. The number of halogens is 2. The van der Waals surface area contributed by atoms with Gasteiger partial charge in [0, 0.05) is 45.5 Å². The van der Waals surface area contributed by atoms with Crippen molar-refractivity contribution in [2.75, 3.05) is 17.2 Å². The van der Waals surface area contributed by atoms with Crippen LogP contribution in [0, 0.1) is 0 Å². The number of hydrogen-bond donors (Lipinski definition) is 4. The highest BCUT2D eigenvalue weighted by atomic mass is 35.5. The van der Waals surface area contributed by atoms with Gasteiger partial charge in [-0.15, -0.1) is 0 Å². The van der Waals surface area contributed by atoms with Crippen LogP contribution in [0.3, 0.4) is 0 Å². The van der Waals surface area contributed by atoms with Crippen LogP contribution in [0.5, 0.6) is 0 Å². The topological polar surface area (TPSA) is 112 Å². The Labute approximate surface area is 229 Å². The van der Waals surface area contributed by atoms with Crippen molar-refractivity contribution in [2.24, 2.45) is 0 Å². The summed E-state index contributed by atoms with van der Waals surface area (Å²) in [6.45, 7) is 2.21. The fourth-order valence-electron chi connectivity index (χ4n) is 3.73. The van der Waals surface area contributed by atoms with E-state index in [0.29, 0.717) is 44.4 Å². The third-order valence-corrected chi connectivity index (χ3v) is 5.96. The molecule has 0 fully saturated rings. The lowest BCUT2D eigenvalue weighted by molar-refractivity contribution is -0.111. The first-order chi connectivity index (χ1) is 18.3. The van der Waals surface area contributed by atoms with E-state index in [-0.39, 0.29) is 18.3 Å². The number of anilines is 2. The number of amides is 3. The number of carbonyl (C=O) groups is 3. The van der Waals surface area contributed by atoms with E-state index in [1.54, 1.807) is 55.5 Å². The molecule has 38 heavy (non-hydrogen) atoms. The summed E-state index contributed by atoms with van der Waals surface area (Å²) in [4.78, 5) is 40.2. The first kappa shape index (κ1) is 26.8. The van der Waals surface area contributed by atoms with Gasteiger partial charge in [0.05, 0.1) is 11.6 Å². The van der Waals surface area contributed by atoms with E-state index in [1.807, 2.05) is 18.2 Å². The van der Waals surface area contributed by atoms with Crippen molar-refractivity contribution in [3.8, 4) is 0 Å². The van der Waals surface area contributed by atoms with Gasteiger partial charge in [0.15, 0.2) is 0 Å². The van der Waals surface area contributed by atoms with Gasteiger partial charge in [-0.3, -0.25) is 4.79 Å². The number of para-hydroxylation sites is 1. The predicted molar refractivity (Wildman–Crippen MR) is 151 cm³/mol. The summed E-state index contributed by atoms with van der Waals surface area (Å²) in [6, 6.07) is 19.1. The van der Waals surface area contributed by atoms with Gasteiger partial charge in [0.2, 0.25) is 5.91 Å². The van der Waals surface area contributed by atoms with Crippen LogP contribution in [0.4, 0.5) is 16.2 Å². The molecule has 4 N–H and O–H groups in total. The zero-order chi connectivity index (χ0) is 27.1. The molecule has 0 radical (unpaired) electrons. The van der Waals surface area contributed by atoms with E-state index in [9.17, 15) is 14.4 Å². The number of ether oxygens (including phenoxy) is 1. The lowest BCUT2D eigenvalue weighted by Crippen LogP contribution is -2.28. The number of urea groups is 1. The molecular formula is C28H24Cl2N4O4. The molecule has 10 heteroatoms. The molecule has 0 aliphatic rings. The minimum absolute atomic E-state index is 0.170. The largest absolute Gasteiger partial charge is 0.461 e. The molecule has 0 saturated heterocycles. The highest BCUT2D eigenvalue weighted by Crippen LogP contribution is 2.33. The lowest BCUT2D eigenvalue weighted by atomic mass is 10.1. The maximum absolute atomic E-state index is 12.6. The van der Waals surface area contributed by atoms with E-state index in [2.05, 4.69) is 20.9 Å². The summed E-state index contributed by atoms with van der Waals surface area (Å²) >= 11 is 12.5. The van der Waals surface area contributed by atoms with Crippen LogP contribution in [0.25, 0.3) is 17.0 Å². The number of carbonyl (C=O) groups excluding carboxylic acids is 3. The van der Waals surface area contributed by atoms with E-state index >= 15 is 0 Å². The molecule has 0 aliphatic heterocycles. The molecule has 0 bridgehead atoms. The summed E-state index contributed by atoms with van der Waals surface area (Å²) in [5.74, 6) is -0.982. The average molecular weight is 551 g/mol. The molecule has 0 unspecified atom stereocenters. The van der Waals surface area contributed by atoms with Crippen molar-refractivity contribution in [2.45, 2.75) is 13.5 Å². The van der Waals surface area contributed by atoms with E-state index in [1.165, 1.54) is 12.2 Å². The van der Waals surface area contributed by atoms with Crippen LogP contribution < -0.4 is 16.0 Å². The number of esters is 1. The van der Waals surface area contributed by atoms with Gasteiger partial charge in [-0.1, -0.05) is 53.5 Å². The maximum atomic E-state index is 12.6. The monoisotopic (exact) mass is 550 g/mol. The molecule has 0 aliphatic carbocycles. The molecule has 194 valence electrons. The van der Waals surface area contributed by atoms with Gasteiger partial charge < -0.3 is 25.7 Å². The smallest absolute Gasteiger partial charge is 0.355 e. The highest BCUT2D eigenvalue weighted by molar-refractivity contribution is 6.39. The van der Waals surface area contributed by atoms with Gasteiger partial charge in [-0.05, 0) is 55.0 Å². The Morgan fingerprint density at radius 2 is 1.66 bits per heavy atom. The second-order valence-electron chi connectivity index (χ2n) is 8.14. The van der Waals surface area contributed by atoms with Gasteiger partial charge in [0.25, 0.3) is 0 Å². The Hall–Kier alpha value is -4.27. The van der Waals surface area contributed by atoms with Gasteiger partial charge in [-0.2, -0.15) is 0 Å². The number of aromatic nitrogens is 1. The predicted octanol–water partition coefficient (Wildman–Crippen LogP) is 6.63. The standard InChI is InChI=1S/C28H24Cl2N4O4/c1-2-38-27(36)26-21(25-22(30)14-18(29)15-23(25)34-26)12-13-24(35)32-20-10-8-17(9-11-20)16-31-28(37)33-19-6-4-3-5-7-19/h3-15,34H,2,16H2,1H3,(H,32,35)(H2,31,33,37)/b13-12+. The molecule has 3 amide bonds. The van der Waals surface area contributed by atoms with Crippen LogP contribution in [-0.2, 0) is 16.1 Å². The first-order valence-electron chi connectivity index (χ1n) is 11.7. The van der Waals surface area contributed by atoms with Crippen LogP contribution in [0.2, 0.25) is 10.0 Å². The maximum Gasteiger partial charge on any atom is 0.355 e. The lowest BCUT2D eigenvalue weighted by Gasteiger charge is -2.08. The van der Waals surface area contributed by atoms with Crippen LogP contribution in [0.15, 0.2) is 72.8 Å². The molecule has 8 nitrogen and oxygen atoms in total. The average Bonchev–Trinajstić information content (AvgIpc) is 3.26. The SMILES string of the molecule is CCOC(=O)c1[nH]c2cc(Cl)cc(Cl)c2c1/C=C/C(=O)Nc1ccc(CNC(=O)Nc2ccccc2)cc1. The van der Waals surface area contributed by atoms with Gasteiger partial charge in [-0.25, -0.2) is 9.59 Å². The number of hydrogen-bond acceptors (Lipinski definition) is 4. The summed E-state index contributed by atoms with van der Waals surface area (Å²) in [7, 11) is 0. The van der Waals surface area contributed by atoms with Crippen LogP contribution in [-0.4, -0.2) is 29.5 Å². The third kappa shape index (κ3) is 6.73. The highest BCUT2D eigenvalue weighted by Gasteiger charge is 2.20. The molecule has 0 spiro atoms. The van der Waals surface area contributed by atoms with Gasteiger partial charge >= 0.3 is 12.0 Å². The van der Waals surface area contributed by atoms with Crippen molar-refractivity contribution in [1.82, 2.24) is 10.3 Å². The van der Waals surface area contributed by atoms with E-state index in [4.69, 9.17) is 27.9 Å². The van der Waals surface area contributed by atoms with Crippen molar-refractivity contribution >= 4 is 69.5 Å². The number of fused-ring (bicyclic) bond motifs is 1. The Kier molecular flexibility index (Phi) is 8.68. The Bertz CT molecular complexity index is 1500. The fraction of sp³-hybridized carbons (Fsp3) is 0.107. The first-order valence-corrected chi connectivity index (χ1v) is 12.5. The quantitative estimate of drug-likeness (QED) is 0.146. The van der Waals surface area contributed by atoms with Crippen LogP contribution in [0.1, 0.15) is 28.5 Å². The number of aromatic amines is 1. The van der Waals surface area contributed by atoms with Crippen molar-refractivity contribution in [3.05, 3.63) is 99.7 Å². The molecule has 3 aromatic carbocycles. The molecule has 1 heterocycles. The van der Waals surface area contributed by atoms with E-state index in [0.717, 1.165) is 5.56 Å². The second-order valence-corrected chi connectivity index (χ2v) is 8.98. The Balaban J connectivity index is 1.40. The number of H-pyrrole nitrogens is 1. The molecular weight excluding hydrogens is 527 g/mol. The summed E-state index contributed by atoms with van der Waals surface area (Å²) in [5, 5.41) is 9.59. The second kappa shape index (κ2) is 12.3. The molecule has 4 rings (SSSR count). The van der Waals surface area contributed by atoms with Crippen LogP contribution >= 0.6 is 23.2 Å². The van der Waals surface area contributed by atoms with Crippen molar-refractivity contribution < 1.29 is 19.1 Å². The molecule has 0 saturated carbocycles. The summed E-state index contributed by atoms with van der Waals surface area (Å²) < 4.78 is 5.14. The number of rotatable bonds is 8. The Morgan fingerprint density at radius 3 is 2.37 bits per heavy atom. The third-order valence-electron chi connectivity index (χ3n) is 5.44. The molecule has 4 aromatic rings. The van der Waals surface area contributed by atoms with Crippen molar-refractivity contribution in [1.29, 1.82) is 0 Å². The normalized spacial score (nSPS) is 10.9. The molecule has 0 atom stereocenters. The summed E-state index contributed by atoms with van der Waals surface area (Å²) in [5.41, 5.74) is 3.25. The number of benzene rings is 3. The zero-order valence-electron chi connectivity index (χ0n) is 20.3. The van der Waals surface area contributed by atoms with Crippen molar-refractivity contribution in [3.63, 3.8) is 0 Å². The minimum Gasteiger partial charge on any atom is -0.461 e. The van der Waals surface area contributed by atoms with Gasteiger partial charge in [0.1, 0.15) is 5.69 Å². The molecule has 1 aromatic heterocycles. The van der Waals surface area contributed by atoms with E-state index < -0.39 is 11.9 Å². The summed E-state index contributed by atoms with van der Waals surface area (Å²) in [6.07, 6.45) is 2.81. The minimum atomic E-state index is -0.572.